The zero-order valence-electron chi connectivity index (χ0n) is 12.5. The normalized spacial score (nSPS) is 11.2. The van der Waals surface area contributed by atoms with Gasteiger partial charge in [0.15, 0.2) is 0 Å². The number of para-hydroxylation sites is 1. The van der Waals surface area contributed by atoms with Crippen molar-refractivity contribution in [1.29, 1.82) is 0 Å². The summed E-state index contributed by atoms with van der Waals surface area (Å²) >= 11 is 1.57. The second kappa shape index (κ2) is 6.12. The van der Waals surface area contributed by atoms with Gasteiger partial charge in [-0.3, -0.25) is 4.79 Å². The summed E-state index contributed by atoms with van der Waals surface area (Å²) in [4.78, 5) is 16.4. The molecule has 0 fully saturated rings. The molecule has 1 amide bonds. The van der Waals surface area contributed by atoms with Crippen LogP contribution in [0.4, 0.5) is 5.69 Å². The van der Waals surface area contributed by atoms with Gasteiger partial charge in [0.1, 0.15) is 5.01 Å². The molecule has 110 valence electrons. The zero-order chi connectivity index (χ0) is 15.5. The fraction of sp³-hybridized carbons (Fsp3) is 0.111. The molecule has 0 aliphatic heterocycles. The number of fused-ring (bicyclic) bond motifs is 1. The highest BCUT2D eigenvalue weighted by Gasteiger charge is 2.02. The first-order valence-corrected chi connectivity index (χ1v) is 7.85. The minimum Gasteiger partial charge on any atom is -0.323 e. The number of nitrogens with one attached hydrogen (secondary N) is 1. The first kappa shape index (κ1) is 14.5. The van der Waals surface area contributed by atoms with Gasteiger partial charge in [-0.15, -0.1) is 11.3 Å². The van der Waals surface area contributed by atoms with Crippen LogP contribution in [-0.4, -0.2) is 10.9 Å². The third kappa shape index (κ3) is 3.23. The summed E-state index contributed by atoms with van der Waals surface area (Å²) in [5.74, 6) is -0.150. The average molecular weight is 308 g/mol. The van der Waals surface area contributed by atoms with Gasteiger partial charge in [0, 0.05) is 11.8 Å². The maximum absolute atomic E-state index is 12.0. The Labute approximate surface area is 133 Å². The Morgan fingerprint density at radius 2 is 1.95 bits per heavy atom. The van der Waals surface area contributed by atoms with Crippen LogP contribution in [0.2, 0.25) is 0 Å². The Morgan fingerprint density at radius 3 is 2.73 bits per heavy atom. The maximum Gasteiger partial charge on any atom is 0.248 e. The number of anilines is 1. The van der Waals surface area contributed by atoms with Crippen molar-refractivity contribution in [2.45, 2.75) is 13.8 Å². The van der Waals surface area contributed by atoms with Crippen molar-refractivity contribution in [3.63, 3.8) is 0 Å². The Balaban J connectivity index is 1.71. The zero-order valence-corrected chi connectivity index (χ0v) is 13.3. The molecule has 2 aromatic carbocycles. The maximum atomic E-state index is 12.0. The highest BCUT2D eigenvalue weighted by atomic mass is 32.1. The predicted molar refractivity (Wildman–Crippen MR) is 93.2 cm³/mol. The summed E-state index contributed by atoms with van der Waals surface area (Å²) in [5, 5.41) is 3.70. The Bertz CT molecular complexity index is 831. The van der Waals surface area contributed by atoms with Gasteiger partial charge < -0.3 is 5.32 Å². The summed E-state index contributed by atoms with van der Waals surface area (Å²) in [6.45, 7) is 4.08. The number of nitrogens with zero attached hydrogens (tertiary/aromatic N) is 1. The summed E-state index contributed by atoms with van der Waals surface area (Å²) in [5.41, 5.74) is 4.14. The van der Waals surface area contributed by atoms with Crippen molar-refractivity contribution in [3.8, 4) is 0 Å². The molecule has 0 aliphatic rings. The molecule has 0 unspecified atom stereocenters. The molecule has 3 aromatic rings. The molecule has 1 heterocycles. The fourth-order valence-electron chi connectivity index (χ4n) is 2.11. The standard InChI is InChI=1S/C18H16N2OS/c1-12-7-8-14(11-13(12)2)19-17(21)9-10-18-20-15-5-3-4-6-16(15)22-18/h3-11H,1-2H3,(H,19,21). The molecule has 3 rings (SSSR count). The van der Waals surface area contributed by atoms with E-state index in [1.54, 1.807) is 17.4 Å². The van der Waals surface area contributed by atoms with Crippen LogP contribution in [0.15, 0.2) is 48.5 Å². The van der Waals surface area contributed by atoms with Crippen molar-refractivity contribution in [2.75, 3.05) is 5.32 Å². The van der Waals surface area contributed by atoms with Gasteiger partial charge >= 0.3 is 0 Å². The van der Waals surface area contributed by atoms with Crippen LogP contribution < -0.4 is 5.32 Å². The van der Waals surface area contributed by atoms with E-state index >= 15 is 0 Å². The lowest BCUT2D eigenvalue weighted by Gasteiger charge is -2.05. The van der Waals surface area contributed by atoms with Crippen LogP contribution in [0.1, 0.15) is 16.1 Å². The minimum atomic E-state index is -0.150. The average Bonchev–Trinajstić information content (AvgIpc) is 2.92. The summed E-state index contributed by atoms with van der Waals surface area (Å²) in [6.07, 6.45) is 3.27. The van der Waals surface area contributed by atoms with E-state index < -0.39 is 0 Å². The number of carbonyl (C=O) groups excluding carboxylic acids is 1. The van der Waals surface area contributed by atoms with Gasteiger partial charge in [-0.2, -0.15) is 0 Å². The number of carbonyl (C=O) groups is 1. The molecular weight excluding hydrogens is 292 g/mol. The van der Waals surface area contributed by atoms with Crippen LogP contribution in [-0.2, 0) is 4.79 Å². The van der Waals surface area contributed by atoms with Crippen LogP contribution in [0.25, 0.3) is 16.3 Å². The number of hydrogen-bond acceptors (Lipinski definition) is 3. The lowest BCUT2D eigenvalue weighted by atomic mass is 10.1. The van der Waals surface area contributed by atoms with Crippen molar-refractivity contribution >= 4 is 39.2 Å². The summed E-state index contributed by atoms with van der Waals surface area (Å²) in [7, 11) is 0. The molecule has 0 spiro atoms. The lowest BCUT2D eigenvalue weighted by molar-refractivity contribution is -0.111. The number of aryl methyl sites for hydroxylation is 2. The van der Waals surface area contributed by atoms with Gasteiger partial charge in [0.2, 0.25) is 5.91 Å². The number of benzene rings is 2. The molecule has 0 radical (unpaired) electrons. The van der Waals surface area contributed by atoms with Crippen molar-refractivity contribution in [3.05, 3.63) is 64.7 Å². The van der Waals surface area contributed by atoms with E-state index in [4.69, 9.17) is 0 Å². The van der Waals surface area contributed by atoms with Crippen LogP contribution in [0.5, 0.6) is 0 Å². The number of rotatable bonds is 3. The molecule has 4 heteroatoms. The Kier molecular flexibility index (Phi) is 4.02. The summed E-state index contributed by atoms with van der Waals surface area (Å²) < 4.78 is 1.12. The summed E-state index contributed by atoms with van der Waals surface area (Å²) in [6, 6.07) is 13.8. The Hall–Kier alpha value is -2.46. The lowest BCUT2D eigenvalue weighted by Crippen LogP contribution is -2.07. The van der Waals surface area contributed by atoms with Gasteiger partial charge in [0.05, 0.1) is 10.2 Å². The Morgan fingerprint density at radius 1 is 1.14 bits per heavy atom. The number of amides is 1. The van der Waals surface area contributed by atoms with E-state index in [0.717, 1.165) is 26.5 Å². The van der Waals surface area contributed by atoms with Crippen molar-refractivity contribution < 1.29 is 4.79 Å². The van der Waals surface area contributed by atoms with E-state index in [-0.39, 0.29) is 5.91 Å². The van der Waals surface area contributed by atoms with Gasteiger partial charge in [0.25, 0.3) is 0 Å². The largest absolute Gasteiger partial charge is 0.323 e. The number of thiazole rings is 1. The molecule has 22 heavy (non-hydrogen) atoms. The second-order valence-electron chi connectivity index (χ2n) is 5.14. The van der Waals surface area contributed by atoms with E-state index in [1.165, 1.54) is 11.6 Å². The monoisotopic (exact) mass is 308 g/mol. The van der Waals surface area contributed by atoms with E-state index in [0.29, 0.717) is 0 Å². The smallest absolute Gasteiger partial charge is 0.248 e. The third-order valence-electron chi connectivity index (χ3n) is 3.46. The van der Waals surface area contributed by atoms with Gasteiger partial charge in [-0.1, -0.05) is 18.2 Å². The molecule has 0 atom stereocenters. The molecule has 0 bridgehead atoms. The molecule has 0 aliphatic carbocycles. The minimum absolute atomic E-state index is 0.150. The molecular formula is C18H16N2OS. The van der Waals surface area contributed by atoms with Crippen LogP contribution in [0.3, 0.4) is 0 Å². The SMILES string of the molecule is Cc1ccc(NC(=O)C=Cc2nc3ccccc3s2)cc1C. The quantitative estimate of drug-likeness (QED) is 0.720. The molecule has 0 saturated carbocycles. The van der Waals surface area contributed by atoms with E-state index in [2.05, 4.69) is 10.3 Å². The predicted octanol–water partition coefficient (Wildman–Crippen LogP) is 4.57. The van der Waals surface area contributed by atoms with Crippen molar-refractivity contribution in [2.24, 2.45) is 0 Å². The first-order chi connectivity index (χ1) is 10.6. The fourth-order valence-corrected chi connectivity index (χ4v) is 2.98. The van der Waals surface area contributed by atoms with E-state index in [1.807, 2.05) is 56.3 Å². The molecule has 1 N–H and O–H groups in total. The number of aromatic nitrogens is 1. The highest BCUT2D eigenvalue weighted by Crippen LogP contribution is 2.22. The molecule has 0 saturated heterocycles. The topological polar surface area (TPSA) is 42.0 Å². The van der Waals surface area contributed by atoms with Gasteiger partial charge in [-0.05, 0) is 55.3 Å². The highest BCUT2D eigenvalue weighted by molar-refractivity contribution is 7.19. The third-order valence-corrected chi connectivity index (χ3v) is 4.46. The van der Waals surface area contributed by atoms with E-state index in [9.17, 15) is 4.79 Å². The van der Waals surface area contributed by atoms with Gasteiger partial charge in [-0.25, -0.2) is 4.98 Å². The van der Waals surface area contributed by atoms with Crippen molar-refractivity contribution in [1.82, 2.24) is 4.98 Å². The van der Waals surface area contributed by atoms with Crippen LogP contribution >= 0.6 is 11.3 Å². The molecule has 3 nitrogen and oxygen atoms in total. The first-order valence-electron chi connectivity index (χ1n) is 7.04. The second-order valence-corrected chi connectivity index (χ2v) is 6.20. The van der Waals surface area contributed by atoms with Crippen LogP contribution in [0, 0.1) is 13.8 Å². The molecule has 1 aromatic heterocycles. The number of hydrogen-bond donors (Lipinski definition) is 1.